The lowest BCUT2D eigenvalue weighted by Crippen LogP contribution is -2.08. The maximum atomic E-state index is 14.4. The zero-order chi connectivity index (χ0) is 22.5. The van der Waals surface area contributed by atoms with E-state index in [0.717, 1.165) is 5.56 Å². The van der Waals surface area contributed by atoms with Gasteiger partial charge in [0.1, 0.15) is 11.6 Å². The number of ether oxygens (including phenoxy) is 1. The molecule has 0 aliphatic carbocycles. The van der Waals surface area contributed by atoms with E-state index in [2.05, 4.69) is 34.2 Å². The highest BCUT2D eigenvalue weighted by Crippen LogP contribution is 2.30. The number of nitrogens with zero attached hydrogens (tertiary/aromatic N) is 5. The van der Waals surface area contributed by atoms with Crippen LogP contribution in [-0.4, -0.2) is 31.5 Å². The molecule has 0 radical (unpaired) electrons. The number of halogens is 1. The van der Waals surface area contributed by atoms with E-state index in [1.807, 2.05) is 35.8 Å². The Morgan fingerprint density at radius 3 is 2.56 bits per heavy atom. The van der Waals surface area contributed by atoms with Gasteiger partial charge in [0, 0.05) is 6.54 Å². The molecule has 0 aliphatic heterocycles. The lowest BCUT2D eigenvalue weighted by atomic mass is 10.2. The molecule has 0 unspecified atom stereocenters. The Morgan fingerprint density at radius 2 is 1.81 bits per heavy atom. The zero-order valence-corrected chi connectivity index (χ0v) is 19.0. The summed E-state index contributed by atoms with van der Waals surface area (Å²) in [5.41, 5.74) is 1.21. The van der Waals surface area contributed by atoms with E-state index in [4.69, 9.17) is 9.26 Å². The summed E-state index contributed by atoms with van der Waals surface area (Å²) in [5.74, 6) is 2.58. The molecule has 0 saturated heterocycles. The summed E-state index contributed by atoms with van der Waals surface area (Å²) in [6, 6.07) is 14.2. The first-order valence-electron chi connectivity index (χ1n) is 10.4. The highest BCUT2D eigenvalue weighted by molar-refractivity contribution is 7.98. The van der Waals surface area contributed by atoms with Gasteiger partial charge in [0.25, 0.3) is 0 Å². The van der Waals surface area contributed by atoms with Gasteiger partial charge in [0.15, 0.2) is 11.0 Å². The fraction of sp³-hybridized carbons (Fsp3) is 0.304. The standard InChI is InChI=1S/C23H24FN5O2S/c1-4-30-19-12-8-6-10-17(19)21-25-20(31-28-21)14-32-23-27-26-22(29(23)13-15(2)3)16-9-5-7-11-18(16)24/h5-12,15H,4,13-14H2,1-3H3. The Kier molecular flexibility index (Phi) is 6.84. The van der Waals surface area contributed by atoms with E-state index in [0.29, 0.717) is 58.8 Å². The molecule has 2 aromatic heterocycles. The lowest BCUT2D eigenvalue weighted by molar-refractivity contribution is 0.341. The second-order valence-corrected chi connectivity index (χ2v) is 8.46. The smallest absolute Gasteiger partial charge is 0.237 e. The normalized spacial score (nSPS) is 11.3. The molecule has 0 spiro atoms. The molecule has 2 heterocycles. The van der Waals surface area contributed by atoms with Gasteiger partial charge >= 0.3 is 0 Å². The van der Waals surface area contributed by atoms with Crippen molar-refractivity contribution in [3.63, 3.8) is 0 Å². The third-order valence-corrected chi connectivity index (χ3v) is 5.55. The van der Waals surface area contributed by atoms with Crippen LogP contribution in [0.1, 0.15) is 26.7 Å². The van der Waals surface area contributed by atoms with Crippen molar-refractivity contribution >= 4 is 11.8 Å². The third kappa shape index (κ3) is 4.83. The summed E-state index contributed by atoms with van der Waals surface area (Å²) in [4.78, 5) is 4.51. The summed E-state index contributed by atoms with van der Waals surface area (Å²) in [6.07, 6.45) is 0. The number of hydrogen-bond acceptors (Lipinski definition) is 7. The third-order valence-electron chi connectivity index (χ3n) is 4.60. The topological polar surface area (TPSA) is 78.9 Å². The molecule has 32 heavy (non-hydrogen) atoms. The van der Waals surface area contributed by atoms with Crippen LogP contribution in [0, 0.1) is 11.7 Å². The van der Waals surface area contributed by atoms with E-state index in [9.17, 15) is 4.39 Å². The van der Waals surface area contributed by atoms with Crippen molar-refractivity contribution in [3.05, 3.63) is 60.2 Å². The van der Waals surface area contributed by atoms with Crippen molar-refractivity contribution in [3.8, 4) is 28.5 Å². The number of thioether (sulfide) groups is 1. The van der Waals surface area contributed by atoms with Gasteiger partial charge in [0.2, 0.25) is 11.7 Å². The zero-order valence-electron chi connectivity index (χ0n) is 18.2. The molecule has 2 aromatic carbocycles. The Bertz CT molecular complexity index is 1190. The van der Waals surface area contributed by atoms with Crippen molar-refractivity contribution < 1.29 is 13.7 Å². The predicted molar refractivity (Wildman–Crippen MR) is 121 cm³/mol. The second-order valence-electron chi connectivity index (χ2n) is 7.52. The van der Waals surface area contributed by atoms with Gasteiger partial charge in [-0.1, -0.05) is 55.0 Å². The number of para-hydroxylation sites is 1. The van der Waals surface area contributed by atoms with Crippen LogP contribution in [0.5, 0.6) is 5.75 Å². The SMILES string of the molecule is CCOc1ccccc1-c1noc(CSc2nnc(-c3ccccc3F)n2CC(C)C)n1. The van der Waals surface area contributed by atoms with Gasteiger partial charge in [-0.05, 0) is 37.1 Å². The molecule has 0 atom stereocenters. The van der Waals surface area contributed by atoms with Gasteiger partial charge in [-0.3, -0.25) is 0 Å². The van der Waals surface area contributed by atoms with Crippen LogP contribution in [0.3, 0.4) is 0 Å². The molecular formula is C23H24FN5O2S. The number of aromatic nitrogens is 5. The molecule has 7 nitrogen and oxygen atoms in total. The Hall–Kier alpha value is -3.20. The summed E-state index contributed by atoms with van der Waals surface area (Å²) < 4.78 is 27.4. The molecule has 4 rings (SSSR count). The first-order chi connectivity index (χ1) is 15.6. The summed E-state index contributed by atoms with van der Waals surface area (Å²) >= 11 is 1.43. The average molecular weight is 454 g/mol. The molecule has 9 heteroatoms. The largest absolute Gasteiger partial charge is 0.493 e. The monoisotopic (exact) mass is 453 g/mol. The number of rotatable bonds is 9. The van der Waals surface area contributed by atoms with Crippen LogP contribution < -0.4 is 4.74 Å². The van der Waals surface area contributed by atoms with Crippen LogP contribution in [0.2, 0.25) is 0 Å². The fourth-order valence-corrected chi connectivity index (χ4v) is 4.03. The van der Waals surface area contributed by atoms with Crippen molar-refractivity contribution in [1.29, 1.82) is 0 Å². The van der Waals surface area contributed by atoms with Crippen LogP contribution >= 0.6 is 11.8 Å². The van der Waals surface area contributed by atoms with E-state index in [1.54, 1.807) is 18.2 Å². The Labute approximate surface area is 190 Å². The van der Waals surface area contributed by atoms with Gasteiger partial charge in [-0.2, -0.15) is 4.98 Å². The minimum absolute atomic E-state index is 0.323. The minimum atomic E-state index is -0.323. The van der Waals surface area contributed by atoms with E-state index in [1.165, 1.54) is 17.8 Å². The quantitative estimate of drug-likeness (QED) is 0.310. The molecule has 0 saturated carbocycles. The van der Waals surface area contributed by atoms with Crippen LogP contribution in [0.15, 0.2) is 58.2 Å². The van der Waals surface area contributed by atoms with Crippen LogP contribution in [0.4, 0.5) is 4.39 Å². The second kappa shape index (κ2) is 9.95. The van der Waals surface area contributed by atoms with E-state index in [-0.39, 0.29) is 5.82 Å². The van der Waals surface area contributed by atoms with Gasteiger partial charge in [-0.15, -0.1) is 10.2 Å². The Morgan fingerprint density at radius 1 is 1.06 bits per heavy atom. The molecule has 0 aliphatic rings. The molecule has 166 valence electrons. The van der Waals surface area contributed by atoms with E-state index >= 15 is 0 Å². The van der Waals surface area contributed by atoms with Crippen molar-refractivity contribution in [2.24, 2.45) is 5.92 Å². The summed E-state index contributed by atoms with van der Waals surface area (Å²) in [6.45, 7) is 7.33. The fourth-order valence-electron chi connectivity index (χ4n) is 3.25. The van der Waals surface area contributed by atoms with E-state index < -0.39 is 0 Å². The average Bonchev–Trinajstić information content (AvgIpc) is 3.40. The molecule has 0 bridgehead atoms. The van der Waals surface area contributed by atoms with Crippen molar-refractivity contribution in [2.75, 3.05) is 6.61 Å². The molecule has 0 N–H and O–H groups in total. The van der Waals surface area contributed by atoms with Gasteiger partial charge in [0.05, 0.1) is 23.5 Å². The Balaban J connectivity index is 1.56. The maximum absolute atomic E-state index is 14.4. The molecular weight excluding hydrogens is 429 g/mol. The predicted octanol–water partition coefficient (Wildman–Crippen LogP) is 5.48. The first-order valence-corrected chi connectivity index (χ1v) is 11.4. The molecule has 0 fully saturated rings. The number of benzene rings is 2. The molecule has 4 aromatic rings. The van der Waals surface area contributed by atoms with Crippen LogP contribution in [-0.2, 0) is 12.3 Å². The first kappa shape index (κ1) is 22.0. The summed E-state index contributed by atoms with van der Waals surface area (Å²) in [7, 11) is 0. The molecule has 0 amide bonds. The minimum Gasteiger partial charge on any atom is -0.493 e. The van der Waals surface area contributed by atoms with Gasteiger partial charge in [-0.25, -0.2) is 4.39 Å². The van der Waals surface area contributed by atoms with Crippen molar-refractivity contribution in [2.45, 2.75) is 38.2 Å². The number of hydrogen-bond donors (Lipinski definition) is 0. The summed E-state index contributed by atoms with van der Waals surface area (Å²) in [5, 5.41) is 13.3. The lowest BCUT2D eigenvalue weighted by Gasteiger charge is -2.12. The van der Waals surface area contributed by atoms with Crippen molar-refractivity contribution in [1.82, 2.24) is 24.9 Å². The highest BCUT2D eigenvalue weighted by Gasteiger charge is 2.19. The van der Waals surface area contributed by atoms with Gasteiger partial charge < -0.3 is 13.8 Å². The highest BCUT2D eigenvalue weighted by atomic mass is 32.2. The van der Waals surface area contributed by atoms with Crippen LogP contribution in [0.25, 0.3) is 22.8 Å². The maximum Gasteiger partial charge on any atom is 0.237 e.